The molecule has 2 nitrogen and oxygen atoms in total. The molecule has 0 N–H and O–H groups in total. The van der Waals surface area contributed by atoms with Crippen molar-refractivity contribution in [1.29, 1.82) is 0 Å². The molecule has 0 bridgehead atoms. The van der Waals surface area contributed by atoms with Crippen molar-refractivity contribution in [2.45, 2.75) is 48.0 Å². The molecule has 0 heterocycles. The highest BCUT2D eigenvalue weighted by molar-refractivity contribution is 6.06. The summed E-state index contributed by atoms with van der Waals surface area (Å²) < 4.78 is 4.94. The van der Waals surface area contributed by atoms with Crippen molar-refractivity contribution < 1.29 is 9.22 Å². The summed E-state index contributed by atoms with van der Waals surface area (Å²) >= 11 is 0. The zero-order valence-corrected chi connectivity index (χ0v) is 12.6. The van der Waals surface area contributed by atoms with Crippen molar-refractivity contribution in [3.63, 3.8) is 0 Å². The Labute approximate surface area is 91.0 Å². The van der Waals surface area contributed by atoms with Gasteiger partial charge in [-0.1, -0.05) is 27.7 Å². The summed E-state index contributed by atoms with van der Waals surface area (Å²) in [7, 11) is 0.492. The SMILES string of the molecule is CC(C)C(C)(C)CC(C)(C)C(=O)O[SiH3]. The number of rotatable bonds is 4. The normalized spacial score (nSPS) is 13.4. The van der Waals surface area contributed by atoms with E-state index in [1.165, 1.54) is 0 Å². The van der Waals surface area contributed by atoms with Gasteiger partial charge in [-0.05, 0) is 31.6 Å². The molecule has 0 aliphatic rings. The van der Waals surface area contributed by atoms with Gasteiger partial charge in [0, 0.05) is 0 Å². The second-order valence-corrected chi connectivity index (χ2v) is 6.10. The average molecular weight is 216 g/mol. The van der Waals surface area contributed by atoms with Crippen LogP contribution in [0.2, 0.25) is 0 Å². The predicted molar refractivity (Wildman–Crippen MR) is 63.0 cm³/mol. The monoisotopic (exact) mass is 216 g/mol. The first-order valence-corrected chi connectivity index (χ1v) is 6.03. The Balaban J connectivity index is 4.58. The second kappa shape index (κ2) is 4.47. The number of carbonyl (C=O) groups is 1. The van der Waals surface area contributed by atoms with Gasteiger partial charge in [-0.3, -0.25) is 4.79 Å². The summed E-state index contributed by atoms with van der Waals surface area (Å²) in [5.41, 5.74) is -0.172. The molecule has 0 aliphatic carbocycles. The van der Waals surface area contributed by atoms with E-state index in [1.807, 2.05) is 13.8 Å². The fraction of sp³-hybridized carbons (Fsp3) is 0.909. The van der Waals surface area contributed by atoms with E-state index in [1.54, 1.807) is 0 Å². The number of carbonyl (C=O) groups excluding carboxylic acids is 1. The molecule has 0 saturated carbocycles. The molecule has 0 radical (unpaired) electrons. The third-order valence-electron chi connectivity index (χ3n) is 3.20. The van der Waals surface area contributed by atoms with Crippen LogP contribution in [0.3, 0.4) is 0 Å². The maximum atomic E-state index is 11.5. The van der Waals surface area contributed by atoms with Gasteiger partial charge in [0.25, 0.3) is 5.97 Å². The first kappa shape index (κ1) is 13.7. The van der Waals surface area contributed by atoms with Gasteiger partial charge in [0.05, 0.1) is 5.41 Å². The minimum Gasteiger partial charge on any atom is -0.528 e. The Morgan fingerprint density at radius 2 is 1.71 bits per heavy atom. The maximum absolute atomic E-state index is 11.5. The third kappa shape index (κ3) is 3.44. The summed E-state index contributed by atoms with van der Waals surface area (Å²) in [6.07, 6.45) is 0.874. The minimum absolute atomic E-state index is 0.0575. The Morgan fingerprint density at radius 1 is 1.29 bits per heavy atom. The molecule has 0 fully saturated rings. The summed E-state index contributed by atoms with van der Waals surface area (Å²) in [4.78, 5) is 11.5. The first-order valence-electron chi connectivity index (χ1n) is 5.22. The summed E-state index contributed by atoms with van der Waals surface area (Å²) in [6, 6.07) is 0. The van der Waals surface area contributed by atoms with Crippen molar-refractivity contribution in [1.82, 2.24) is 0 Å². The average Bonchev–Trinajstić information content (AvgIpc) is 2.00. The Bertz CT molecular complexity index is 207. The lowest BCUT2D eigenvalue weighted by Crippen LogP contribution is -2.34. The van der Waals surface area contributed by atoms with Crippen LogP contribution in [0.5, 0.6) is 0 Å². The lowest BCUT2D eigenvalue weighted by molar-refractivity contribution is -0.145. The molecule has 84 valence electrons. The Hall–Kier alpha value is -0.313. The molecular formula is C11H24O2Si. The van der Waals surface area contributed by atoms with E-state index in [0.717, 1.165) is 6.42 Å². The van der Waals surface area contributed by atoms with Gasteiger partial charge in [0.1, 0.15) is 0 Å². The molecular weight excluding hydrogens is 192 g/mol. The maximum Gasteiger partial charge on any atom is 0.297 e. The van der Waals surface area contributed by atoms with E-state index < -0.39 is 0 Å². The van der Waals surface area contributed by atoms with Gasteiger partial charge in [0.15, 0.2) is 0 Å². The lowest BCUT2D eigenvalue weighted by Gasteiger charge is -2.36. The smallest absolute Gasteiger partial charge is 0.297 e. The van der Waals surface area contributed by atoms with Crippen LogP contribution in [0.4, 0.5) is 0 Å². The van der Waals surface area contributed by atoms with Crippen LogP contribution in [0.15, 0.2) is 0 Å². The standard InChI is InChI=1S/C11H24O2Si/c1-8(2)10(3,4)7-11(5,6)9(12)13-14/h8H,7H2,1-6,14H3. The Kier molecular flexibility index (Phi) is 4.37. The quantitative estimate of drug-likeness (QED) is 0.671. The van der Waals surface area contributed by atoms with Crippen molar-refractivity contribution in [3.8, 4) is 0 Å². The highest BCUT2D eigenvalue weighted by atomic mass is 28.2. The molecule has 0 rings (SSSR count). The van der Waals surface area contributed by atoms with Gasteiger partial charge < -0.3 is 4.43 Å². The van der Waals surface area contributed by atoms with Gasteiger partial charge in [-0.2, -0.15) is 0 Å². The highest BCUT2D eigenvalue weighted by Gasteiger charge is 2.36. The molecule has 0 spiro atoms. The summed E-state index contributed by atoms with van der Waals surface area (Å²) in [6.45, 7) is 12.7. The van der Waals surface area contributed by atoms with Crippen LogP contribution < -0.4 is 0 Å². The van der Waals surface area contributed by atoms with Gasteiger partial charge in [0.2, 0.25) is 10.5 Å². The zero-order chi connectivity index (χ0) is 11.6. The number of hydrogen-bond donors (Lipinski definition) is 0. The number of hydrogen-bond acceptors (Lipinski definition) is 2. The van der Waals surface area contributed by atoms with Crippen LogP contribution >= 0.6 is 0 Å². The van der Waals surface area contributed by atoms with E-state index in [2.05, 4.69) is 27.7 Å². The summed E-state index contributed by atoms with van der Waals surface area (Å²) in [5, 5.41) is 0. The zero-order valence-electron chi connectivity index (χ0n) is 10.6. The van der Waals surface area contributed by atoms with Gasteiger partial charge in [-0.15, -0.1) is 0 Å². The van der Waals surface area contributed by atoms with Crippen molar-refractivity contribution in [2.75, 3.05) is 0 Å². The first-order chi connectivity index (χ1) is 6.13. The molecule has 14 heavy (non-hydrogen) atoms. The molecule has 0 aromatic rings. The van der Waals surface area contributed by atoms with Crippen LogP contribution in [0, 0.1) is 16.7 Å². The van der Waals surface area contributed by atoms with E-state index in [9.17, 15) is 4.79 Å². The molecule has 0 aromatic carbocycles. The van der Waals surface area contributed by atoms with E-state index in [4.69, 9.17) is 4.43 Å². The van der Waals surface area contributed by atoms with Gasteiger partial charge in [-0.25, -0.2) is 0 Å². The van der Waals surface area contributed by atoms with Crippen LogP contribution in [0.25, 0.3) is 0 Å². The highest BCUT2D eigenvalue weighted by Crippen LogP contribution is 2.39. The van der Waals surface area contributed by atoms with Crippen molar-refractivity contribution in [3.05, 3.63) is 0 Å². The van der Waals surface area contributed by atoms with E-state index in [-0.39, 0.29) is 16.8 Å². The van der Waals surface area contributed by atoms with E-state index in [0.29, 0.717) is 16.4 Å². The second-order valence-electron chi connectivity index (χ2n) is 5.70. The molecule has 0 aromatic heterocycles. The topological polar surface area (TPSA) is 26.3 Å². The van der Waals surface area contributed by atoms with Crippen LogP contribution in [0.1, 0.15) is 48.0 Å². The fourth-order valence-corrected chi connectivity index (χ4v) is 2.24. The third-order valence-corrected chi connectivity index (χ3v) is 3.57. The molecule has 0 unspecified atom stereocenters. The fourth-order valence-electron chi connectivity index (χ4n) is 1.69. The van der Waals surface area contributed by atoms with E-state index >= 15 is 0 Å². The predicted octanol–water partition coefficient (Wildman–Crippen LogP) is 1.91. The molecule has 3 heteroatoms. The minimum atomic E-state index is -0.352. The molecule has 0 aliphatic heterocycles. The van der Waals surface area contributed by atoms with Crippen molar-refractivity contribution >= 4 is 16.5 Å². The molecule has 0 saturated heterocycles. The Morgan fingerprint density at radius 3 is 2.00 bits per heavy atom. The van der Waals surface area contributed by atoms with Crippen LogP contribution in [-0.4, -0.2) is 16.5 Å². The largest absolute Gasteiger partial charge is 0.528 e. The van der Waals surface area contributed by atoms with Gasteiger partial charge >= 0.3 is 0 Å². The summed E-state index contributed by atoms with van der Waals surface area (Å²) in [5.74, 6) is 0.515. The van der Waals surface area contributed by atoms with Crippen LogP contribution in [-0.2, 0) is 9.22 Å². The molecule has 0 amide bonds. The lowest BCUT2D eigenvalue weighted by atomic mass is 9.69. The molecule has 0 atom stereocenters. The van der Waals surface area contributed by atoms with Crippen molar-refractivity contribution in [2.24, 2.45) is 16.7 Å².